The van der Waals surface area contributed by atoms with Crippen LogP contribution in [0.5, 0.6) is 5.88 Å². The van der Waals surface area contributed by atoms with Crippen LogP contribution in [0.3, 0.4) is 0 Å². The average Bonchev–Trinajstić information content (AvgIpc) is 3.90. The third-order valence-corrected chi connectivity index (χ3v) is 15.4. The number of alkyl halides is 3. The summed E-state index contributed by atoms with van der Waals surface area (Å²) in [6.07, 6.45) is 3.98. The van der Waals surface area contributed by atoms with E-state index in [1.165, 1.54) is 18.3 Å². The molecule has 6 heterocycles. The zero-order valence-electron chi connectivity index (χ0n) is 48.2. The number of carbonyl (C=O) groups is 4. The van der Waals surface area contributed by atoms with E-state index in [1.54, 1.807) is 33.2 Å². The minimum absolute atomic E-state index is 0.137. The number of ether oxygens (including phenoxy) is 4. The standard InChI is InChI=1S/C61H72F3N11O8S/c1-40(43-18-20-44(21-19-43)54-42(3)67-39-84-54)68-57(78)51-16-13-23-75(51)59(79)55(60(4,5)6)70-53(76)17-8-7-9-22-74-37-49(71-72-74)38-82-27-11-10-26-80-30-31-83-58-52(73-24-28-81-29-25-73)33-46(35-66-58)50-34-48(36-65-41(50)2)69-56(77)45-14-12-15-47(32-45)61(62,63)64/h12,14-15,18-21,32-37,39-40,51,55H,7-9,13,16-17,22-31,38H2,1-6H3,(H,68,78)(H,69,77)(H,70,76)/t40-,51-,55-/m0/s1. The van der Waals surface area contributed by atoms with Crippen molar-refractivity contribution in [3.8, 4) is 39.3 Å². The van der Waals surface area contributed by atoms with Gasteiger partial charge in [-0.1, -0.05) is 74.6 Å². The van der Waals surface area contributed by atoms with Gasteiger partial charge < -0.3 is 44.7 Å². The van der Waals surface area contributed by atoms with Gasteiger partial charge in [-0.2, -0.15) is 13.2 Å². The summed E-state index contributed by atoms with van der Waals surface area (Å²) in [4.78, 5) is 72.3. The smallest absolute Gasteiger partial charge is 0.416 e. The molecule has 3 atom stereocenters. The first kappa shape index (κ1) is 62.3. The molecule has 6 aromatic rings. The van der Waals surface area contributed by atoms with Gasteiger partial charge in [-0.25, -0.2) is 9.97 Å². The van der Waals surface area contributed by atoms with Crippen LogP contribution in [0.25, 0.3) is 21.6 Å². The Hall–Kier alpha value is -7.78. The van der Waals surface area contributed by atoms with Crippen LogP contribution in [0.2, 0.25) is 0 Å². The number of carbonyl (C=O) groups excluding carboxylic acids is 4. The Kier molecular flexibility index (Phi) is 21.6. The van der Waals surface area contributed by atoms with Crippen molar-refractivity contribution in [1.82, 2.24) is 45.5 Å². The molecule has 0 spiro atoms. The normalized spacial score (nSPS) is 15.2. The summed E-state index contributed by atoms with van der Waals surface area (Å²) >= 11 is 1.59. The van der Waals surface area contributed by atoms with Crippen LogP contribution in [-0.2, 0) is 47.9 Å². The van der Waals surface area contributed by atoms with E-state index in [1.807, 2.05) is 83.6 Å². The van der Waals surface area contributed by atoms with Crippen LogP contribution >= 0.6 is 11.3 Å². The number of benzene rings is 2. The molecular formula is C61H72F3N11O8S. The van der Waals surface area contributed by atoms with Gasteiger partial charge in [-0.3, -0.25) is 28.8 Å². The van der Waals surface area contributed by atoms with Crippen molar-refractivity contribution in [3.63, 3.8) is 0 Å². The van der Waals surface area contributed by atoms with Gasteiger partial charge in [0.05, 0.1) is 72.2 Å². The number of hydrogen-bond acceptors (Lipinski definition) is 15. The minimum Gasteiger partial charge on any atom is -0.474 e. The van der Waals surface area contributed by atoms with Gasteiger partial charge in [0.2, 0.25) is 23.6 Å². The number of rotatable bonds is 24. The summed E-state index contributed by atoms with van der Waals surface area (Å²) < 4.78 is 64.7. The van der Waals surface area contributed by atoms with Gasteiger partial charge in [-0.05, 0) is 93.3 Å². The summed E-state index contributed by atoms with van der Waals surface area (Å²) in [6, 6.07) is 14.3. The molecule has 2 fully saturated rings. The Morgan fingerprint density at radius 3 is 2.37 bits per heavy atom. The number of pyridine rings is 2. The van der Waals surface area contributed by atoms with E-state index in [0.717, 1.165) is 52.4 Å². The van der Waals surface area contributed by atoms with Crippen molar-refractivity contribution >= 4 is 46.3 Å². The molecule has 0 radical (unpaired) electrons. The van der Waals surface area contributed by atoms with Gasteiger partial charge in [0.25, 0.3) is 5.91 Å². The molecule has 0 unspecified atom stereocenters. The fraction of sp³-hybridized carbons (Fsp3) is 0.459. The van der Waals surface area contributed by atoms with Crippen LogP contribution < -0.4 is 25.6 Å². The Bertz CT molecular complexity index is 3280. The maximum absolute atomic E-state index is 14.1. The van der Waals surface area contributed by atoms with Crippen molar-refractivity contribution in [2.75, 3.05) is 69.5 Å². The number of hydrogen-bond donors (Lipinski definition) is 3. The second kappa shape index (κ2) is 29.2. The Labute approximate surface area is 491 Å². The lowest BCUT2D eigenvalue weighted by atomic mass is 9.85. The SMILES string of the molecule is Cc1ncc(NC(=O)c2cccc(C(F)(F)F)c2)cc1-c1cnc(OCCOCC#CCOCc2cn(CCCCCC(=O)N[C@@H](C(=O)N3CCC[C@H]3C(=O)N[C@@H](C)c3ccc(-c4scnc4C)cc3)C(C)(C)C)nn2)c(N2CCOCC2)c1. The van der Waals surface area contributed by atoms with Crippen LogP contribution in [-0.4, -0.2) is 130 Å². The predicted molar refractivity (Wildman–Crippen MR) is 312 cm³/mol. The molecule has 0 saturated carbocycles. The van der Waals surface area contributed by atoms with Crippen LogP contribution in [0.1, 0.15) is 111 Å². The van der Waals surface area contributed by atoms with Gasteiger partial charge in [0, 0.05) is 61.2 Å². The number of amides is 4. The van der Waals surface area contributed by atoms with Gasteiger partial charge in [0.15, 0.2) is 0 Å². The second-order valence-electron chi connectivity index (χ2n) is 21.7. The highest BCUT2D eigenvalue weighted by Crippen LogP contribution is 2.35. The summed E-state index contributed by atoms with van der Waals surface area (Å²) in [7, 11) is 0. The molecule has 2 aliphatic heterocycles. The van der Waals surface area contributed by atoms with Gasteiger partial charge >= 0.3 is 6.18 Å². The Balaban J connectivity index is 0.711. The van der Waals surface area contributed by atoms with Crippen LogP contribution in [0, 0.1) is 31.1 Å². The largest absolute Gasteiger partial charge is 0.474 e. The highest BCUT2D eigenvalue weighted by Gasteiger charge is 2.42. The monoisotopic (exact) mass is 1180 g/mol. The molecule has 19 nitrogen and oxygen atoms in total. The number of morpholine rings is 1. The predicted octanol–water partition coefficient (Wildman–Crippen LogP) is 9.16. The molecule has 3 N–H and O–H groups in total. The number of nitrogens with zero attached hydrogens (tertiary/aromatic N) is 8. The number of halogens is 3. The number of nitrogens with one attached hydrogen (secondary N) is 3. The lowest BCUT2D eigenvalue weighted by Crippen LogP contribution is -2.57. The van der Waals surface area contributed by atoms with Crippen molar-refractivity contribution in [3.05, 3.63) is 119 Å². The molecule has 0 aliphatic carbocycles. The molecule has 2 saturated heterocycles. The maximum atomic E-state index is 14.1. The van der Waals surface area contributed by atoms with Crippen molar-refractivity contribution in [1.29, 1.82) is 0 Å². The molecule has 2 aliphatic rings. The maximum Gasteiger partial charge on any atom is 0.416 e. The summed E-state index contributed by atoms with van der Waals surface area (Å²) in [5, 5.41) is 17.2. The highest BCUT2D eigenvalue weighted by molar-refractivity contribution is 7.13. The van der Waals surface area contributed by atoms with E-state index in [9.17, 15) is 32.3 Å². The molecule has 4 amide bonds. The Morgan fingerprint density at radius 2 is 1.63 bits per heavy atom. The first-order chi connectivity index (χ1) is 40.3. The fourth-order valence-electron chi connectivity index (χ4n) is 9.79. The molecule has 0 bridgehead atoms. The zero-order valence-corrected chi connectivity index (χ0v) is 49.0. The topological polar surface area (TPSA) is 217 Å². The minimum atomic E-state index is -4.59. The molecule has 8 rings (SSSR count). The molecule has 84 heavy (non-hydrogen) atoms. The summed E-state index contributed by atoms with van der Waals surface area (Å²) in [5.41, 5.74) is 6.91. The lowest BCUT2D eigenvalue weighted by molar-refractivity contribution is -0.144. The van der Waals surface area contributed by atoms with E-state index in [4.69, 9.17) is 18.9 Å². The Morgan fingerprint density at radius 1 is 0.857 bits per heavy atom. The van der Waals surface area contributed by atoms with Gasteiger partial charge in [0.1, 0.15) is 43.3 Å². The molecule has 446 valence electrons. The number of aryl methyl sites for hydroxylation is 3. The molecular weight excluding hydrogens is 1100 g/mol. The van der Waals surface area contributed by atoms with Crippen molar-refractivity contribution in [2.45, 2.75) is 118 Å². The quantitative estimate of drug-likeness (QED) is 0.0381. The number of unbranched alkanes of at least 4 members (excludes halogenated alkanes) is 2. The summed E-state index contributed by atoms with van der Waals surface area (Å²) in [6.45, 7) is 15.8. The highest BCUT2D eigenvalue weighted by atomic mass is 32.1. The van der Waals surface area contributed by atoms with E-state index in [2.05, 4.69) is 58.0 Å². The first-order valence-electron chi connectivity index (χ1n) is 28.1. The second-order valence-corrected chi connectivity index (χ2v) is 22.6. The molecule has 4 aromatic heterocycles. The van der Waals surface area contributed by atoms with Crippen LogP contribution in [0.4, 0.5) is 24.5 Å². The van der Waals surface area contributed by atoms with Crippen LogP contribution in [0.15, 0.2) is 84.8 Å². The van der Waals surface area contributed by atoms with E-state index >= 15 is 0 Å². The van der Waals surface area contributed by atoms with E-state index < -0.39 is 35.1 Å². The third-order valence-electron chi connectivity index (χ3n) is 14.4. The lowest BCUT2D eigenvalue weighted by Gasteiger charge is -2.35. The zero-order chi connectivity index (χ0) is 59.8. The average molecular weight is 1180 g/mol. The summed E-state index contributed by atoms with van der Waals surface area (Å²) in [5.74, 6) is 4.90. The third kappa shape index (κ3) is 17.2. The number of thiazole rings is 1. The first-order valence-corrected chi connectivity index (χ1v) is 29.0. The number of aromatic nitrogens is 6. The van der Waals surface area contributed by atoms with E-state index in [0.29, 0.717) is 92.7 Å². The van der Waals surface area contributed by atoms with Crippen molar-refractivity contribution < 1.29 is 51.3 Å². The number of likely N-dealkylation sites (tertiary alicyclic amines) is 1. The van der Waals surface area contributed by atoms with E-state index in [-0.39, 0.29) is 68.8 Å². The molecule has 23 heteroatoms. The number of anilines is 2. The van der Waals surface area contributed by atoms with Gasteiger partial charge in [-0.15, -0.1) is 16.4 Å². The molecule has 2 aromatic carbocycles. The fourth-order valence-corrected chi connectivity index (χ4v) is 10.6. The van der Waals surface area contributed by atoms with Crippen molar-refractivity contribution in [2.24, 2.45) is 5.41 Å².